The van der Waals surface area contributed by atoms with Crippen LogP contribution in [0.4, 0.5) is 5.69 Å². The van der Waals surface area contributed by atoms with E-state index in [1.807, 2.05) is 0 Å². The van der Waals surface area contributed by atoms with Crippen molar-refractivity contribution in [3.63, 3.8) is 0 Å². The third kappa shape index (κ3) is 13.9. The van der Waals surface area contributed by atoms with Gasteiger partial charge in [0.1, 0.15) is 29.5 Å². The summed E-state index contributed by atoms with van der Waals surface area (Å²) in [5, 5.41) is 3.62. The lowest BCUT2D eigenvalue weighted by Gasteiger charge is -2.22. The zero-order valence-corrected chi connectivity index (χ0v) is 25.8. The first-order chi connectivity index (χ1) is 18.8. The van der Waals surface area contributed by atoms with Crippen molar-refractivity contribution in [1.29, 1.82) is 0 Å². The molecule has 2 amide bonds. The highest BCUT2D eigenvalue weighted by Gasteiger charge is 2.31. The zero-order chi connectivity index (χ0) is 31.5. The van der Waals surface area contributed by atoms with E-state index in [2.05, 4.69) is 31.4 Å². The molecule has 1 rings (SSSR count). The predicted molar refractivity (Wildman–Crippen MR) is 154 cm³/mol. The first-order valence-corrected chi connectivity index (χ1v) is 15.1. The molecule has 3 atom stereocenters. The monoisotopic (exact) mass is 596 g/mol. The number of esters is 1. The molecule has 0 bridgehead atoms. The van der Waals surface area contributed by atoms with Crippen LogP contribution in [0.25, 0.3) is 0 Å². The van der Waals surface area contributed by atoms with E-state index in [4.69, 9.17) is 4.74 Å². The topological polar surface area (TPSA) is 173 Å². The number of ether oxygens (including phenoxy) is 1. The van der Waals surface area contributed by atoms with Crippen molar-refractivity contribution in [3.8, 4) is 0 Å². The molecule has 0 heterocycles. The van der Waals surface area contributed by atoms with Crippen molar-refractivity contribution in [2.24, 2.45) is 17.3 Å². The zero-order valence-electron chi connectivity index (χ0n) is 25.0. The van der Waals surface area contributed by atoms with Crippen LogP contribution in [0.5, 0.6) is 0 Å². The lowest BCUT2D eigenvalue weighted by molar-refractivity contribution is -0.145. The van der Waals surface area contributed by atoms with Gasteiger partial charge in [-0.1, -0.05) is 46.8 Å². The minimum Gasteiger partial charge on any atom is -0.461 e. The van der Waals surface area contributed by atoms with Gasteiger partial charge < -0.3 is 15.4 Å². The molecule has 230 valence electrons. The summed E-state index contributed by atoms with van der Waals surface area (Å²) in [5.74, 6) is -3.54. The molecule has 41 heavy (non-hydrogen) atoms. The maximum absolute atomic E-state index is 12.9. The minimum absolute atomic E-state index is 0.0393. The SMILES string of the molecule is CC(=O)C(CCC(=O)C[C@H](C(=O)N[C@@H](C)C(=O)Nc1ccc(COC(=O)CCC(C)(C)C)cc1)C(C)C)S(=O)(=O)O. The van der Waals surface area contributed by atoms with Gasteiger partial charge in [-0.05, 0) is 55.7 Å². The molecule has 0 aliphatic heterocycles. The molecule has 0 aliphatic rings. The predicted octanol–water partition coefficient (Wildman–Crippen LogP) is 3.86. The first-order valence-electron chi connectivity index (χ1n) is 13.6. The molecule has 0 radical (unpaired) electrons. The Morgan fingerprint density at radius 2 is 1.54 bits per heavy atom. The minimum atomic E-state index is -4.63. The Hall–Kier alpha value is -3.12. The lowest BCUT2D eigenvalue weighted by atomic mass is 9.88. The average Bonchev–Trinajstić information content (AvgIpc) is 2.83. The number of hydrogen-bond donors (Lipinski definition) is 3. The molecule has 1 unspecified atom stereocenters. The van der Waals surface area contributed by atoms with Crippen molar-refractivity contribution in [2.45, 2.75) is 98.5 Å². The highest BCUT2D eigenvalue weighted by atomic mass is 32.2. The Labute approximate surface area is 242 Å². The average molecular weight is 597 g/mol. The number of rotatable bonds is 16. The molecule has 0 fully saturated rings. The fourth-order valence-corrected chi connectivity index (χ4v) is 4.70. The Bertz CT molecular complexity index is 1190. The quantitative estimate of drug-likeness (QED) is 0.189. The van der Waals surface area contributed by atoms with E-state index < -0.39 is 50.7 Å². The summed E-state index contributed by atoms with van der Waals surface area (Å²) < 4.78 is 37.2. The lowest BCUT2D eigenvalue weighted by Crippen LogP contribution is -2.45. The van der Waals surface area contributed by atoms with Crippen LogP contribution in [0.1, 0.15) is 86.1 Å². The smallest absolute Gasteiger partial charge is 0.306 e. The molecular formula is C29H44N2O9S. The molecule has 12 heteroatoms. The number of Topliss-reactive ketones (excluding diaryl/α,β-unsaturated/α-hetero) is 2. The summed E-state index contributed by atoms with van der Waals surface area (Å²) >= 11 is 0. The number of carbonyl (C=O) groups is 5. The Kier molecular flexibility index (Phi) is 13.8. The molecule has 0 spiro atoms. The highest BCUT2D eigenvalue weighted by Crippen LogP contribution is 2.21. The van der Waals surface area contributed by atoms with Crippen molar-refractivity contribution < 1.29 is 41.7 Å². The van der Waals surface area contributed by atoms with Gasteiger partial charge in [-0.25, -0.2) is 0 Å². The summed E-state index contributed by atoms with van der Waals surface area (Å²) in [7, 11) is -4.63. The largest absolute Gasteiger partial charge is 0.461 e. The van der Waals surface area contributed by atoms with Crippen LogP contribution in [0.3, 0.4) is 0 Å². The standard InChI is InChI=1S/C29H44N2O9S/c1-18(2)24(16-23(33)12-13-25(20(4)32)41(37,38)39)28(36)30-19(3)27(35)31-22-10-8-21(9-11-22)17-40-26(34)14-15-29(5,6)7/h8-11,18-19,24-25H,12-17H2,1-7H3,(H,30,36)(H,31,35)(H,37,38,39)/t19-,24-,25?/m0/s1. The number of benzene rings is 1. The fourth-order valence-electron chi connectivity index (χ4n) is 3.87. The second kappa shape index (κ2) is 15.8. The van der Waals surface area contributed by atoms with Crippen LogP contribution < -0.4 is 10.6 Å². The van der Waals surface area contributed by atoms with E-state index in [0.717, 1.165) is 18.9 Å². The van der Waals surface area contributed by atoms with Gasteiger partial charge in [-0.2, -0.15) is 8.42 Å². The van der Waals surface area contributed by atoms with Gasteiger partial charge in [0.2, 0.25) is 11.8 Å². The number of anilines is 1. The summed E-state index contributed by atoms with van der Waals surface area (Å²) in [4.78, 5) is 61.5. The van der Waals surface area contributed by atoms with Gasteiger partial charge in [0.25, 0.3) is 10.1 Å². The van der Waals surface area contributed by atoms with E-state index in [1.54, 1.807) is 38.1 Å². The second-order valence-electron chi connectivity index (χ2n) is 11.9. The molecule has 3 N–H and O–H groups in total. The molecule has 0 saturated carbocycles. The van der Waals surface area contributed by atoms with Crippen molar-refractivity contribution in [3.05, 3.63) is 29.8 Å². The fraction of sp³-hybridized carbons (Fsp3) is 0.621. The maximum Gasteiger partial charge on any atom is 0.306 e. The second-order valence-corrected chi connectivity index (χ2v) is 13.5. The van der Waals surface area contributed by atoms with Crippen LogP contribution in [0.15, 0.2) is 24.3 Å². The van der Waals surface area contributed by atoms with Crippen LogP contribution in [0.2, 0.25) is 0 Å². The van der Waals surface area contributed by atoms with Crippen LogP contribution in [-0.2, 0) is 45.4 Å². The molecule has 11 nitrogen and oxygen atoms in total. The van der Waals surface area contributed by atoms with Gasteiger partial charge in [-0.3, -0.25) is 28.5 Å². The van der Waals surface area contributed by atoms with Gasteiger partial charge in [0.05, 0.1) is 0 Å². The summed E-state index contributed by atoms with van der Waals surface area (Å²) in [6.45, 7) is 12.3. The summed E-state index contributed by atoms with van der Waals surface area (Å²) in [6, 6.07) is 5.82. The Morgan fingerprint density at radius 3 is 2.02 bits per heavy atom. The van der Waals surface area contributed by atoms with Gasteiger partial charge in [0, 0.05) is 30.9 Å². The molecule has 0 saturated heterocycles. The molecule has 1 aromatic rings. The van der Waals surface area contributed by atoms with Crippen molar-refractivity contribution in [2.75, 3.05) is 5.32 Å². The van der Waals surface area contributed by atoms with Crippen molar-refractivity contribution in [1.82, 2.24) is 5.32 Å². The molecule has 1 aromatic carbocycles. The highest BCUT2D eigenvalue weighted by molar-refractivity contribution is 7.87. The first kappa shape index (κ1) is 35.9. The van der Waals surface area contributed by atoms with E-state index in [-0.39, 0.29) is 43.2 Å². The molecule has 0 aromatic heterocycles. The van der Waals surface area contributed by atoms with Crippen LogP contribution in [-0.4, -0.2) is 53.6 Å². The summed E-state index contributed by atoms with van der Waals surface area (Å²) in [6.07, 6.45) is 0.162. The Morgan fingerprint density at radius 1 is 0.951 bits per heavy atom. The van der Waals surface area contributed by atoms with Crippen LogP contribution in [0, 0.1) is 17.3 Å². The number of amides is 2. The van der Waals surface area contributed by atoms with E-state index in [0.29, 0.717) is 12.1 Å². The van der Waals surface area contributed by atoms with Gasteiger partial charge in [-0.15, -0.1) is 0 Å². The number of carbonyl (C=O) groups excluding carboxylic acids is 5. The van der Waals surface area contributed by atoms with Crippen LogP contribution >= 0.6 is 0 Å². The number of ketones is 2. The third-order valence-electron chi connectivity index (χ3n) is 6.54. The third-order valence-corrected chi connectivity index (χ3v) is 7.83. The van der Waals surface area contributed by atoms with Crippen molar-refractivity contribution >= 4 is 45.2 Å². The van der Waals surface area contributed by atoms with E-state index >= 15 is 0 Å². The normalized spacial score (nSPS) is 14.1. The Balaban J connectivity index is 2.64. The van der Waals surface area contributed by atoms with E-state index in [9.17, 15) is 36.9 Å². The number of hydrogen-bond acceptors (Lipinski definition) is 8. The summed E-state index contributed by atoms with van der Waals surface area (Å²) in [5.41, 5.74) is 1.27. The van der Waals surface area contributed by atoms with Gasteiger partial charge >= 0.3 is 5.97 Å². The van der Waals surface area contributed by atoms with E-state index in [1.165, 1.54) is 6.92 Å². The molecular weight excluding hydrogens is 552 g/mol. The van der Waals surface area contributed by atoms with Gasteiger partial charge in [0.15, 0.2) is 0 Å². The maximum atomic E-state index is 12.9. The number of nitrogens with one attached hydrogen (secondary N) is 2. The molecule has 0 aliphatic carbocycles.